The van der Waals surface area contributed by atoms with Gasteiger partial charge in [-0.15, -0.1) is 0 Å². The number of benzene rings is 1. The quantitative estimate of drug-likeness (QED) is 0.805. The molecule has 150 valence electrons. The molecule has 2 aliphatic rings. The second kappa shape index (κ2) is 8.71. The molecule has 6 nitrogen and oxygen atoms in total. The third kappa shape index (κ3) is 4.89. The monoisotopic (exact) mass is 394 g/mol. The topological polar surface area (TPSA) is 75.7 Å². The number of piperidine rings is 1. The summed E-state index contributed by atoms with van der Waals surface area (Å²) in [7, 11) is -2.09. The molecular weight excluding hydrogens is 364 g/mol. The maximum atomic E-state index is 12.8. The van der Waals surface area contributed by atoms with Crippen LogP contribution in [0.4, 0.5) is 0 Å². The molecule has 1 saturated heterocycles. The Labute approximate surface area is 162 Å². The van der Waals surface area contributed by atoms with E-state index in [2.05, 4.69) is 4.72 Å². The molecule has 1 amide bonds. The maximum absolute atomic E-state index is 12.8. The molecule has 0 bridgehead atoms. The Kier molecular flexibility index (Phi) is 6.55. The van der Waals surface area contributed by atoms with Gasteiger partial charge in [-0.2, -0.15) is 0 Å². The summed E-state index contributed by atoms with van der Waals surface area (Å²) in [6.45, 7) is 3.68. The second-order valence-electron chi connectivity index (χ2n) is 7.85. The number of hydrogen-bond donors (Lipinski definition) is 1. The van der Waals surface area contributed by atoms with Gasteiger partial charge in [0.25, 0.3) is 5.91 Å². The third-order valence-corrected chi connectivity index (χ3v) is 7.37. The van der Waals surface area contributed by atoms with Crippen molar-refractivity contribution in [2.75, 3.05) is 26.8 Å². The molecular formula is C20H30N2O4S. The number of hydrogen-bond acceptors (Lipinski definition) is 4. The van der Waals surface area contributed by atoms with Crippen molar-refractivity contribution in [1.29, 1.82) is 0 Å². The summed E-state index contributed by atoms with van der Waals surface area (Å²) in [6.07, 6.45) is 6.20. The van der Waals surface area contributed by atoms with Gasteiger partial charge in [0.05, 0.1) is 11.5 Å². The van der Waals surface area contributed by atoms with Crippen LogP contribution in [0.2, 0.25) is 0 Å². The highest BCUT2D eigenvalue weighted by molar-refractivity contribution is 7.89. The Morgan fingerprint density at radius 1 is 1.19 bits per heavy atom. The highest BCUT2D eigenvalue weighted by atomic mass is 32.2. The van der Waals surface area contributed by atoms with Crippen LogP contribution >= 0.6 is 0 Å². The van der Waals surface area contributed by atoms with Gasteiger partial charge in [-0.05, 0) is 55.9 Å². The Balaban J connectivity index is 1.65. The lowest BCUT2D eigenvalue weighted by atomic mass is 9.75. The van der Waals surface area contributed by atoms with Gasteiger partial charge in [0.1, 0.15) is 0 Å². The van der Waals surface area contributed by atoms with Gasteiger partial charge < -0.3 is 9.64 Å². The minimum atomic E-state index is -3.62. The van der Waals surface area contributed by atoms with Crippen LogP contribution in [0.1, 0.15) is 49.4 Å². The van der Waals surface area contributed by atoms with Crippen LogP contribution in [-0.2, 0) is 14.8 Å². The molecule has 2 fully saturated rings. The number of ether oxygens (including phenoxy) is 1. The Bertz CT molecular complexity index is 748. The third-order valence-electron chi connectivity index (χ3n) is 5.76. The lowest BCUT2D eigenvalue weighted by Crippen LogP contribution is -2.44. The Morgan fingerprint density at radius 2 is 1.85 bits per heavy atom. The summed E-state index contributed by atoms with van der Waals surface area (Å²) in [4.78, 5) is 14.9. The van der Waals surface area contributed by atoms with Crippen LogP contribution in [0.25, 0.3) is 0 Å². The summed E-state index contributed by atoms with van der Waals surface area (Å²) in [6, 6.07) is 5.92. The largest absolute Gasteiger partial charge is 0.383 e. The molecule has 3 atom stereocenters. The van der Waals surface area contributed by atoms with E-state index in [0.717, 1.165) is 25.4 Å². The molecule has 0 spiro atoms. The van der Waals surface area contributed by atoms with E-state index < -0.39 is 10.0 Å². The average molecular weight is 395 g/mol. The van der Waals surface area contributed by atoms with Crippen molar-refractivity contribution >= 4 is 15.9 Å². The molecule has 7 heteroatoms. The SMILES string of the molecule is COC[C@@H](C)NS(=O)(=O)c1ccc(C(=O)N2CC[C@@H]3CCCC[C@@H]3C2)cc1. The van der Waals surface area contributed by atoms with Crippen LogP contribution in [0, 0.1) is 11.8 Å². The highest BCUT2D eigenvalue weighted by Crippen LogP contribution is 2.36. The lowest BCUT2D eigenvalue weighted by molar-refractivity contribution is 0.0521. The first-order valence-corrected chi connectivity index (χ1v) is 11.3. The van der Waals surface area contributed by atoms with E-state index in [1.165, 1.54) is 44.9 Å². The van der Waals surface area contributed by atoms with E-state index in [1.807, 2.05) is 4.90 Å². The molecule has 27 heavy (non-hydrogen) atoms. The molecule has 1 aromatic rings. The fourth-order valence-electron chi connectivity index (χ4n) is 4.36. The minimum Gasteiger partial charge on any atom is -0.383 e. The molecule has 3 rings (SSSR count). The van der Waals surface area contributed by atoms with Crippen LogP contribution in [0.5, 0.6) is 0 Å². The Morgan fingerprint density at radius 3 is 2.52 bits per heavy atom. The number of amides is 1. The summed E-state index contributed by atoms with van der Waals surface area (Å²) in [5.41, 5.74) is 0.549. The number of nitrogens with one attached hydrogen (secondary N) is 1. The molecule has 1 saturated carbocycles. The summed E-state index contributed by atoms with van der Waals surface area (Å²) >= 11 is 0. The fraction of sp³-hybridized carbons (Fsp3) is 0.650. The number of likely N-dealkylation sites (tertiary alicyclic amines) is 1. The van der Waals surface area contributed by atoms with Crippen molar-refractivity contribution in [3.05, 3.63) is 29.8 Å². The Hall–Kier alpha value is -1.44. The molecule has 0 unspecified atom stereocenters. The first-order chi connectivity index (χ1) is 12.9. The number of carbonyl (C=O) groups excluding carboxylic acids is 1. The number of rotatable bonds is 6. The van der Waals surface area contributed by atoms with E-state index in [4.69, 9.17) is 4.74 Å². The van der Waals surface area contributed by atoms with Crippen molar-refractivity contribution in [3.63, 3.8) is 0 Å². The van der Waals surface area contributed by atoms with Gasteiger partial charge >= 0.3 is 0 Å². The maximum Gasteiger partial charge on any atom is 0.253 e. The van der Waals surface area contributed by atoms with Crippen molar-refractivity contribution in [2.45, 2.75) is 50.0 Å². The normalized spacial score (nSPS) is 24.3. The second-order valence-corrected chi connectivity index (χ2v) is 9.56. The zero-order chi connectivity index (χ0) is 19.4. The zero-order valence-electron chi connectivity index (χ0n) is 16.2. The summed E-state index contributed by atoms with van der Waals surface area (Å²) in [5, 5.41) is 0. The average Bonchev–Trinajstić information content (AvgIpc) is 2.67. The number of fused-ring (bicyclic) bond motifs is 1. The molecule has 1 aliphatic carbocycles. The van der Waals surface area contributed by atoms with E-state index in [0.29, 0.717) is 18.1 Å². The van der Waals surface area contributed by atoms with E-state index in [-0.39, 0.29) is 16.8 Å². The number of methoxy groups -OCH3 is 1. The van der Waals surface area contributed by atoms with Crippen molar-refractivity contribution < 1.29 is 17.9 Å². The summed E-state index contributed by atoms with van der Waals surface area (Å²) in [5.74, 6) is 1.40. The molecule has 1 aliphatic heterocycles. The standard InChI is InChI=1S/C20H30N2O4S/c1-15(14-26-2)21-27(24,25)19-9-7-17(8-10-19)20(23)22-12-11-16-5-3-4-6-18(16)13-22/h7-10,15-16,18,21H,3-6,11-14H2,1-2H3/t15-,16+,18-/m1/s1. The highest BCUT2D eigenvalue weighted by Gasteiger charge is 2.33. The van der Waals surface area contributed by atoms with Crippen molar-refractivity contribution in [1.82, 2.24) is 9.62 Å². The van der Waals surface area contributed by atoms with Crippen LogP contribution in [-0.4, -0.2) is 52.1 Å². The smallest absolute Gasteiger partial charge is 0.253 e. The predicted molar refractivity (Wildman–Crippen MR) is 104 cm³/mol. The molecule has 1 N–H and O–H groups in total. The van der Waals surface area contributed by atoms with Crippen molar-refractivity contribution in [3.8, 4) is 0 Å². The number of carbonyl (C=O) groups is 1. The number of nitrogens with zero attached hydrogens (tertiary/aromatic N) is 1. The summed E-state index contributed by atoms with van der Waals surface area (Å²) < 4.78 is 32.3. The van der Waals surface area contributed by atoms with Crippen LogP contribution in [0.15, 0.2) is 29.2 Å². The molecule has 1 aromatic carbocycles. The van der Waals surface area contributed by atoms with Gasteiger partial charge in [0, 0.05) is 31.8 Å². The van der Waals surface area contributed by atoms with E-state index >= 15 is 0 Å². The van der Waals surface area contributed by atoms with Gasteiger partial charge in [-0.1, -0.05) is 19.3 Å². The van der Waals surface area contributed by atoms with Gasteiger partial charge in [0.15, 0.2) is 0 Å². The molecule has 0 aromatic heterocycles. The molecule has 1 heterocycles. The number of sulfonamides is 1. The van der Waals surface area contributed by atoms with Gasteiger partial charge in [0.2, 0.25) is 10.0 Å². The molecule has 0 radical (unpaired) electrons. The lowest BCUT2D eigenvalue weighted by Gasteiger charge is -2.41. The minimum absolute atomic E-state index is 0.00341. The van der Waals surface area contributed by atoms with E-state index in [9.17, 15) is 13.2 Å². The fourth-order valence-corrected chi connectivity index (χ4v) is 5.59. The van der Waals surface area contributed by atoms with Gasteiger partial charge in [-0.3, -0.25) is 4.79 Å². The first-order valence-electron chi connectivity index (χ1n) is 9.81. The van der Waals surface area contributed by atoms with Crippen molar-refractivity contribution in [2.24, 2.45) is 11.8 Å². The van der Waals surface area contributed by atoms with Crippen LogP contribution in [0.3, 0.4) is 0 Å². The van der Waals surface area contributed by atoms with E-state index in [1.54, 1.807) is 19.1 Å². The first kappa shape index (κ1) is 20.3. The zero-order valence-corrected chi connectivity index (χ0v) is 17.0. The predicted octanol–water partition coefficient (Wildman–Crippen LogP) is 2.65. The van der Waals surface area contributed by atoms with Crippen LogP contribution < -0.4 is 4.72 Å². The van der Waals surface area contributed by atoms with Gasteiger partial charge in [-0.25, -0.2) is 13.1 Å².